The summed E-state index contributed by atoms with van der Waals surface area (Å²) in [5.74, 6) is 0.154. The van der Waals surface area contributed by atoms with Gasteiger partial charge in [-0.1, -0.05) is 83.5 Å². The summed E-state index contributed by atoms with van der Waals surface area (Å²) < 4.78 is 2.51. The fourth-order valence-electron chi connectivity index (χ4n) is 7.10. The number of benzene rings is 1. The maximum atomic E-state index is 11.7. The van der Waals surface area contributed by atoms with Gasteiger partial charge in [-0.3, -0.25) is 4.90 Å². The predicted molar refractivity (Wildman–Crippen MR) is 151 cm³/mol. The Morgan fingerprint density at radius 2 is 1.69 bits per heavy atom. The summed E-state index contributed by atoms with van der Waals surface area (Å²) in [5, 5.41) is 13.3. The molecule has 0 aliphatic carbocycles. The van der Waals surface area contributed by atoms with Gasteiger partial charge in [0.15, 0.2) is 8.24 Å². The van der Waals surface area contributed by atoms with Gasteiger partial charge in [-0.2, -0.15) is 0 Å². The summed E-state index contributed by atoms with van der Waals surface area (Å²) in [6.45, 7) is 17.1. The quantitative estimate of drug-likeness (QED) is 0.315. The van der Waals surface area contributed by atoms with Crippen LogP contribution in [0.1, 0.15) is 71.6 Å². The van der Waals surface area contributed by atoms with Crippen molar-refractivity contribution >= 4 is 30.9 Å². The van der Waals surface area contributed by atoms with Crippen molar-refractivity contribution in [3.05, 3.63) is 64.9 Å². The lowest BCUT2D eigenvalue weighted by atomic mass is 9.87. The minimum Gasteiger partial charge on any atom is -0.388 e. The molecule has 4 rings (SSSR count). The van der Waals surface area contributed by atoms with Gasteiger partial charge in [0.25, 0.3) is 0 Å². The van der Waals surface area contributed by atoms with Crippen molar-refractivity contribution in [2.45, 2.75) is 83.7 Å². The first-order chi connectivity index (χ1) is 16.7. The van der Waals surface area contributed by atoms with E-state index >= 15 is 0 Å². The largest absolute Gasteiger partial charge is 0.388 e. The second kappa shape index (κ2) is 10.8. The first kappa shape index (κ1) is 26.4. The third kappa shape index (κ3) is 4.85. The van der Waals surface area contributed by atoms with E-state index in [1.165, 1.54) is 5.56 Å². The van der Waals surface area contributed by atoms with Crippen LogP contribution in [0.25, 0.3) is 11.0 Å². The first-order valence-corrected chi connectivity index (χ1v) is 15.8. The molecule has 1 saturated heterocycles. The molecule has 0 radical (unpaired) electrons. The molecule has 0 amide bonds. The number of hydrogen-bond acceptors (Lipinski definition) is 3. The highest BCUT2D eigenvalue weighted by molar-refractivity contribution is 6.82. The zero-order chi connectivity index (χ0) is 25.3. The third-order valence-electron chi connectivity index (χ3n) is 8.43. The fraction of sp³-hybridized carbons (Fsp3) is 0.552. The number of pyridine rings is 1. The molecule has 4 nitrogen and oxygen atoms in total. The molecule has 1 aliphatic rings. The molecule has 190 valence electrons. The lowest BCUT2D eigenvalue weighted by Crippen LogP contribution is -2.51. The molecule has 6 heteroatoms. The van der Waals surface area contributed by atoms with Crippen molar-refractivity contribution < 1.29 is 5.11 Å². The molecule has 1 fully saturated rings. The molecule has 3 aromatic rings. The van der Waals surface area contributed by atoms with Crippen molar-refractivity contribution in [2.24, 2.45) is 5.92 Å². The lowest BCUT2D eigenvalue weighted by Gasteiger charge is -2.44. The molecule has 35 heavy (non-hydrogen) atoms. The second-order valence-electron chi connectivity index (χ2n) is 11.4. The smallest absolute Gasteiger partial charge is 0.171 e. The summed E-state index contributed by atoms with van der Waals surface area (Å²) in [6, 6.07) is 12.8. The molecule has 0 saturated carbocycles. The second-order valence-corrected chi connectivity index (χ2v) is 17.5. The van der Waals surface area contributed by atoms with Gasteiger partial charge in [0.05, 0.1) is 11.1 Å². The highest BCUT2D eigenvalue weighted by Gasteiger charge is 2.46. The van der Waals surface area contributed by atoms with E-state index in [2.05, 4.69) is 93.3 Å². The van der Waals surface area contributed by atoms with E-state index in [1.54, 1.807) is 6.20 Å². The summed E-state index contributed by atoms with van der Waals surface area (Å²) in [4.78, 5) is 7.33. The van der Waals surface area contributed by atoms with Crippen molar-refractivity contribution in [1.29, 1.82) is 0 Å². The van der Waals surface area contributed by atoms with Gasteiger partial charge in [0, 0.05) is 36.2 Å². The van der Waals surface area contributed by atoms with Gasteiger partial charge in [-0.15, -0.1) is 0 Å². The number of rotatable bonds is 8. The van der Waals surface area contributed by atoms with E-state index in [0.29, 0.717) is 21.6 Å². The molecule has 2 atom stereocenters. The molecule has 1 aliphatic heterocycles. The molecular formula is C29H42ClN3OSi. The van der Waals surface area contributed by atoms with E-state index in [4.69, 9.17) is 16.6 Å². The molecule has 0 bridgehead atoms. The van der Waals surface area contributed by atoms with E-state index in [-0.39, 0.29) is 5.92 Å². The van der Waals surface area contributed by atoms with Gasteiger partial charge in [0.1, 0.15) is 5.65 Å². The summed E-state index contributed by atoms with van der Waals surface area (Å²) in [5.41, 5.74) is 4.86. The van der Waals surface area contributed by atoms with E-state index in [9.17, 15) is 5.11 Å². The Labute approximate surface area is 217 Å². The van der Waals surface area contributed by atoms with Crippen molar-refractivity contribution in [3.63, 3.8) is 0 Å². The average Bonchev–Trinajstić information content (AvgIpc) is 3.23. The van der Waals surface area contributed by atoms with Crippen LogP contribution < -0.4 is 0 Å². The Morgan fingerprint density at radius 1 is 1.03 bits per heavy atom. The number of piperidine rings is 1. The summed E-state index contributed by atoms with van der Waals surface area (Å²) in [7, 11) is -1.96. The van der Waals surface area contributed by atoms with Crippen LogP contribution in [0.15, 0.2) is 48.8 Å². The van der Waals surface area contributed by atoms with Crippen LogP contribution in [-0.2, 0) is 6.54 Å². The number of fused-ring (bicyclic) bond motifs is 1. The molecule has 3 heterocycles. The number of aromatic nitrogens is 2. The van der Waals surface area contributed by atoms with E-state index < -0.39 is 14.3 Å². The Balaban J connectivity index is 1.69. The minimum atomic E-state index is -1.96. The van der Waals surface area contributed by atoms with Crippen molar-refractivity contribution in [2.75, 3.05) is 13.1 Å². The average molecular weight is 512 g/mol. The molecule has 0 spiro atoms. The van der Waals surface area contributed by atoms with Gasteiger partial charge < -0.3 is 9.34 Å². The Kier molecular flexibility index (Phi) is 8.11. The maximum absolute atomic E-state index is 11.7. The van der Waals surface area contributed by atoms with Crippen molar-refractivity contribution in [1.82, 2.24) is 14.1 Å². The number of nitrogens with zero attached hydrogens (tertiary/aromatic N) is 3. The monoisotopic (exact) mass is 511 g/mol. The number of likely N-dealkylation sites (tertiary alicyclic amines) is 1. The topological polar surface area (TPSA) is 41.3 Å². The first-order valence-electron chi connectivity index (χ1n) is 13.3. The molecular weight excluding hydrogens is 470 g/mol. The Morgan fingerprint density at radius 3 is 2.31 bits per heavy atom. The van der Waals surface area contributed by atoms with Crippen LogP contribution in [0.4, 0.5) is 0 Å². The van der Waals surface area contributed by atoms with Crippen LogP contribution in [0.3, 0.4) is 0 Å². The Bertz CT molecular complexity index is 1110. The molecule has 2 aromatic heterocycles. The van der Waals surface area contributed by atoms with Gasteiger partial charge in [-0.25, -0.2) is 4.98 Å². The highest BCUT2D eigenvalue weighted by Crippen LogP contribution is 2.45. The van der Waals surface area contributed by atoms with Gasteiger partial charge in [0.2, 0.25) is 0 Å². The van der Waals surface area contributed by atoms with Gasteiger partial charge in [-0.05, 0) is 53.8 Å². The fourth-order valence-corrected chi connectivity index (χ4v) is 13.9. The zero-order valence-corrected chi connectivity index (χ0v) is 24.0. The molecule has 0 unspecified atom stereocenters. The van der Waals surface area contributed by atoms with Crippen LogP contribution in [-0.4, -0.2) is 40.5 Å². The van der Waals surface area contributed by atoms with Crippen LogP contribution in [0, 0.1) is 5.92 Å². The maximum Gasteiger partial charge on any atom is 0.171 e. The van der Waals surface area contributed by atoms with Crippen LogP contribution >= 0.6 is 11.6 Å². The van der Waals surface area contributed by atoms with Crippen molar-refractivity contribution in [3.8, 4) is 0 Å². The lowest BCUT2D eigenvalue weighted by molar-refractivity contribution is 0.0485. The third-order valence-corrected chi connectivity index (χ3v) is 15.5. The standard InChI is InChI=1S/C29H42ClN3OSi/c1-20(2)35(21(3)4,22(5)6)33-16-14-25-27(26(30)17-31-29(25)33)28(34)24-13-10-15-32(19-24)18-23-11-8-7-9-12-23/h7-9,11-12,14,16-17,20-22,24,28,34H,10,13,15,18-19H2,1-6H3/t24-,28+/m1/s1. The summed E-state index contributed by atoms with van der Waals surface area (Å²) >= 11 is 6.76. The normalized spacial score (nSPS) is 18.8. The van der Waals surface area contributed by atoms with Crippen LogP contribution in [0.2, 0.25) is 21.6 Å². The minimum absolute atomic E-state index is 0.154. The number of aliphatic hydroxyl groups is 1. The SMILES string of the molecule is CC(C)[Si](C(C)C)(C(C)C)n1ccc2c([C@@H](O)[C@@H]3CCCN(Cc4ccccc4)C3)c(Cl)cnc21. The van der Waals surface area contributed by atoms with Gasteiger partial charge >= 0.3 is 0 Å². The number of hydrogen-bond donors (Lipinski definition) is 1. The van der Waals surface area contributed by atoms with Crippen LogP contribution in [0.5, 0.6) is 0 Å². The predicted octanol–water partition coefficient (Wildman–Crippen LogP) is 7.66. The van der Waals surface area contributed by atoms with E-state index in [0.717, 1.165) is 49.1 Å². The molecule has 1 aromatic carbocycles. The Hall–Kier alpha value is -1.66. The number of halogens is 1. The molecule has 1 N–H and O–H groups in total. The number of aliphatic hydroxyl groups excluding tert-OH is 1. The highest BCUT2D eigenvalue weighted by atomic mass is 35.5. The zero-order valence-electron chi connectivity index (χ0n) is 22.2. The summed E-state index contributed by atoms with van der Waals surface area (Å²) in [6.07, 6.45) is 5.50. The van der Waals surface area contributed by atoms with E-state index in [1.807, 2.05) is 0 Å².